The van der Waals surface area contributed by atoms with Crippen LogP contribution >= 0.6 is 11.6 Å². The maximum absolute atomic E-state index is 12.9. The lowest BCUT2D eigenvalue weighted by Gasteiger charge is -2.08. The number of alkyl halides is 1. The van der Waals surface area contributed by atoms with Crippen LogP contribution in [-0.4, -0.2) is 18.3 Å². The van der Waals surface area contributed by atoms with Crippen molar-refractivity contribution in [1.82, 2.24) is 5.32 Å². The lowest BCUT2D eigenvalue weighted by Crippen LogP contribution is -2.25. The van der Waals surface area contributed by atoms with Gasteiger partial charge < -0.3 is 5.32 Å². The summed E-state index contributed by atoms with van der Waals surface area (Å²) in [5, 5.41) is 2.65. The first kappa shape index (κ1) is 14.9. The van der Waals surface area contributed by atoms with Crippen molar-refractivity contribution in [3.63, 3.8) is 0 Å². The largest absolute Gasteiger partial charge is 0.352 e. The number of hydrogen-bond acceptors (Lipinski definition) is 1. The molecule has 100 valence electrons. The molecular weight excluding hydrogens is 260 g/mol. The van der Waals surface area contributed by atoms with Crippen LogP contribution in [0.25, 0.3) is 0 Å². The van der Waals surface area contributed by atoms with Gasteiger partial charge in [-0.05, 0) is 37.0 Å². The summed E-state index contributed by atoms with van der Waals surface area (Å²) >= 11 is 5.66. The van der Waals surface area contributed by atoms with Gasteiger partial charge in [-0.15, -0.1) is 11.6 Å². The molecule has 18 heavy (non-hydrogen) atoms. The first-order valence-corrected chi connectivity index (χ1v) is 6.37. The molecular formula is C13H16ClF2NO. The molecule has 1 unspecified atom stereocenters. The Hall–Kier alpha value is -1.16. The minimum Gasteiger partial charge on any atom is -0.352 e. The van der Waals surface area contributed by atoms with Crippen LogP contribution in [0.15, 0.2) is 18.2 Å². The highest BCUT2D eigenvalue weighted by Gasteiger charge is 2.09. The monoisotopic (exact) mass is 275 g/mol. The van der Waals surface area contributed by atoms with Crippen molar-refractivity contribution >= 4 is 17.5 Å². The highest BCUT2D eigenvalue weighted by molar-refractivity contribution is 6.18. The number of hydrogen-bond donors (Lipinski definition) is 1. The Morgan fingerprint density at radius 3 is 2.72 bits per heavy atom. The molecule has 1 atom stereocenters. The van der Waals surface area contributed by atoms with E-state index < -0.39 is 17.5 Å². The van der Waals surface area contributed by atoms with Crippen molar-refractivity contribution in [3.8, 4) is 0 Å². The summed E-state index contributed by atoms with van der Waals surface area (Å²) in [6, 6.07) is 3.10. The predicted octanol–water partition coefficient (Wildman–Crippen LogP) is 3.35. The standard InChI is InChI=1S/C13H16ClF2NO/c1-9(8-14)3-2-6-17-13(18)10-4-5-11(15)12(16)7-10/h4-5,7,9H,2-3,6,8H2,1H3,(H,17,18). The molecule has 0 radical (unpaired) electrons. The van der Waals surface area contributed by atoms with Gasteiger partial charge in [0.25, 0.3) is 5.91 Å². The Balaban J connectivity index is 2.39. The first-order chi connectivity index (χ1) is 8.54. The minimum absolute atomic E-state index is 0.124. The number of benzene rings is 1. The minimum atomic E-state index is -1.02. The van der Waals surface area contributed by atoms with Crippen LogP contribution in [0.3, 0.4) is 0 Å². The van der Waals surface area contributed by atoms with Crippen LogP contribution in [0, 0.1) is 17.6 Å². The normalized spacial score (nSPS) is 12.2. The van der Waals surface area contributed by atoms with Crippen LogP contribution < -0.4 is 5.32 Å². The Kier molecular flexibility index (Phi) is 6.05. The number of rotatable bonds is 6. The average Bonchev–Trinajstić information content (AvgIpc) is 2.37. The predicted molar refractivity (Wildman–Crippen MR) is 67.8 cm³/mol. The summed E-state index contributed by atoms with van der Waals surface area (Å²) in [6.45, 7) is 2.53. The molecule has 0 bridgehead atoms. The van der Waals surface area contributed by atoms with Crippen molar-refractivity contribution in [1.29, 1.82) is 0 Å². The van der Waals surface area contributed by atoms with Crippen molar-refractivity contribution < 1.29 is 13.6 Å². The highest BCUT2D eigenvalue weighted by Crippen LogP contribution is 2.09. The zero-order valence-corrected chi connectivity index (χ0v) is 10.9. The molecule has 0 aromatic heterocycles. The van der Waals surface area contributed by atoms with E-state index >= 15 is 0 Å². The molecule has 1 N–H and O–H groups in total. The van der Waals surface area contributed by atoms with Crippen LogP contribution in [0.1, 0.15) is 30.1 Å². The fourth-order valence-corrected chi connectivity index (χ4v) is 1.62. The van der Waals surface area contributed by atoms with E-state index in [0.717, 1.165) is 25.0 Å². The number of carbonyl (C=O) groups excluding carboxylic acids is 1. The van der Waals surface area contributed by atoms with Crippen molar-refractivity contribution in [3.05, 3.63) is 35.4 Å². The number of carbonyl (C=O) groups is 1. The molecule has 0 aliphatic rings. The summed E-state index contributed by atoms with van der Waals surface area (Å²) < 4.78 is 25.6. The van der Waals surface area contributed by atoms with Crippen LogP contribution in [0.5, 0.6) is 0 Å². The van der Waals surface area contributed by atoms with E-state index in [1.807, 2.05) is 6.92 Å². The van der Waals surface area contributed by atoms with E-state index in [1.54, 1.807) is 0 Å². The van der Waals surface area contributed by atoms with Crippen LogP contribution in [0.4, 0.5) is 8.78 Å². The Morgan fingerprint density at radius 1 is 1.39 bits per heavy atom. The lowest BCUT2D eigenvalue weighted by molar-refractivity contribution is 0.0952. The topological polar surface area (TPSA) is 29.1 Å². The molecule has 0 aliphatic heterocycles. The average molecular weight is 276 g/mol. The van der Waals surface area contributed by atoms with Gasteiger partial charge in [0, 0.05) is 18.0 Å². The second kappa shape index (κ2) is 7.31. The molecule has 5 heteroatoms. The molecule has 0 saturated carbocycles. The SMILES string of the molecule is CC(CCl)CCCNC(=O)c1ccc(F)c(F)c1. The van der Waals surface area contributed by atoms with Gasteiger partial charge in [0.2, 0.25) is 0 Å². The molecule has 2 nitrogen and oxygen atoms in total. The van der Waals surface area contributed by atoms with Crippen molar-refractivity contribution in [2.45, 2.75) is 19.8 Å². The summed E-state index contributed by atoms with van der Waals surface area (Å²) in [7, 11) is 0. The number of nitrogens with one attached hydrogen (secondary N) is 1. The first-order valence-electron chi connectivity index (χ1n) is 5.83. The van der Waals surface area contributed by atoms with Gasteiger partial charge in [-0.25, -0.2) is 8.78 Å². The second-order valence-corrected chi connectivity index (χ2v) is 4.60. The maximum Gasteiger partial charge on any atom is 0.251 e. The second-order valence-electron chi connectivity index (χ2n) is 4.29. The fourth-order valence-electron chi connectivity index (χ4n) is 1.47. The summed E-state index contributed by atoms with van der Waals surface area (Å²) in [5.74, 6) is -1.36. The third-order valence-corrected chi connectivity index (χ3v) is 3.13. The van der Waals surface area contributed by atoms with Gasteiger partial charge in [0.05, 0.1) is 0 Å². The lowest BCUT2D eigenvalue weighted by atomic mass is 10.1. The molecule has 0 spiro atoms. The smallest absolute Gasteiger partial charge is 0.251 e. The Bertz CT molecular complexity index is 412. The maximum atomic E-state index is 12.9. The van der Waals surface area contributed by atoms with Gasteiger partial charge >= 0.3 is 0 Å². The van der Waals surface area contributed by atoms with Gasteiger partial charge in [0.1, 0.15) is 0 Å². The van der Waals surface area contributed by atoms with Gasteiger partial charge in [-0.1, -0.05) is 6.92 Å². The van der Waals surface area contributed by atoms with Crippen molar-refractivity contribution in [2.24, 2.45) is 5.92 Å². The molecule has 0 saturated heterocycles. The fraction of sp³-hybridized carbons (Fsp3) is 0.462. The number of amides is 1. The van der Waals surface area contributed by atoms with E-state index in [1.165, 1.54) is 6.07 Å². The van der Waals surface area contributed by atoms with Gasteiger partial charge in [-0.3, -0.25) is 4.79 Å². The number of halogens is 3. The molecule has 0 heterocycles. The molecule has 0 aliphatic carbocycles. The van der Waals surface area contributed by atoms with E-state index in [4.69, 9.17) is 11.6 Å². The van der Waals surface area contributed by atoms with Gasteiger partial charge in [-0.2, -0.15) is 0 Å². The highest BCUT2D eigenvalue weighted by atomic mass is 35.5. The quantitative estimate of drug-likeness (QED) is 0.626. The Morgan fingerprint density at radius 2 is 2.11 bits per heavy atom. The zero-order chi connectivity index (χ0) is 13.5. The molecule has 1 aromatic carbocycles. The molecule has 1 amide bonds. The summed E-state index contributed by atoms with van der Waals surface area (Å²) in [5.41, 5.74) is 0.124. The third-order valence-electron chi connectivity index (χ3n) is 2.60. The zero-order valence-electron chi connectivity index (χ0n) is 10.2. The van der Waals surface area contributed by atoms with E-state index in [9.17, 15) is 13.6 Å². The third kappa shape index (κ3) is 4.61. The van der Waals surface area contributed by atoms with E-state index in [0.29, 0.717) is 18.3 Å². The molecule has 1 aromatic rings. The molecule has 0 fully saturated rings. The summed E-state index contributed by atoms with van der Waals surface area (Å²) in [4.78, 5) is 11.6. The van der Waals surface area contributed by atoms with Crippen LogP contribution in [-0.2, 0) is 0 Å². The summed E-state index contributed by atoms with van der Waals surface area (Å²) in [6.07, 6.45) is 1.73. The van der Waals surface area contributed by atoms with Gasteiger partial charge in [0.15, 0.2) is 11.6 Å². The van der Waals surface area contributed by atoms with E-state index in [2.05, 4.69) is 5.32 Å². The van der Waals surface area contributed by atoms with Crippen LogP contribution in [0.2, 0.25) is 0 Å². The van der Waals surface area contributed by atoms with Crippen molar-refractivity contribution in [2.75, 3.05) is 12.4 Å². The Labute approximate surface area is 110 Å². The molecule has 1 rings (SSSR count). The van der Waals surface area contributed by atoms with E-state index in [-0.39, 0.29) is 5.56 Å².